The zero-order valence-corrected chi connectivity index (χ0v) is 11.2. The summed E-state index contributed by atoms with van der Waals surface area (Å²) in [6.07, 6.45) is 0.149. The van der Waals surface area contributed by atoms with Crippen molar-refractivity contribution in [3.8, 4) is 5.75 Å². The van der Waals surface area contributed by atoms with Crippen molar-refractivity contribution in [3.05, 3.63) is 24.0 Å². The fraction of sp³-hybridized carbons (Fsp3) is 0.417. The monoisotopic (exact) mass is 276 g/mol. The van der Waals surface area contributed by atoms with E-state index in [1.807, 2.05) is 13.8 Å². The standard InChI is InChI=1S/C12H17FN2O2.ClH/c1-8(2)17-9-3-4-11(10(13)7-9)15-12(16)5-6-14;/h3-4,7-8H,5-6,14H2,1-2H3,(H,15,16);1H. The highest BCUT2D eigenvalue weighted by molar-refractivity contribution is 5.91. The summed E-state index contributed by atoms with van der Waals surface area (Å²) in [6, 6.07) is 4.33. The highest BCUT2D eigenvalue weighted by atomic mass is 35.5. The van der Waals surface area contributed by atoms with Crippen molar-refractivity contribution < 1.29 is 13.9 Å². The first kappa shape index (κ1) is 16.7. The normalized spacial score (nSPS) is 9.83. The zero-order valence-electron chi connectivity index (χ0n) is 10.4. The van der Waals surface area contributed by atoms with E-state index in [0.29, 0.717) is 5.75 Å². The van der Waals surface area contributed by atoms with Crippen molar-refractivity contribution in [2.75, 3.05) is 11.9 Å². The third kappa shape index (κ3) is 5.33. The number of anilines is 1. The number of hydrogen-bond donors (Lipinski definition) is 2. The van der Waals surface area contributed by atoms with Crippen molar-refractivity contribution in [3.63, 3.8) is 0 Å². The Morgan fingerprint density at radius 2 is 2.17 bits per heavy atom. The lowest BCUT2D eigenvalue weighted by Gasteiger charge is -2.11. The number of halogens is 2. The molecule has 0 radical (unpaired) electrons. The molecular weight excluding hydrogens is 259 g/mol. The molecule has 0 saturated carbocycles. The van der Waals surface area contributed by atoms with Gasteiger partial charge in [-0.25, -0.2) is 4.39 Å². The molecular formula is C12H18ClFN2O2. The molecule has 4 nitrogen and oxygen atoms in total. The van der Waals surface area contributed by atoms with Crippen LogP contribution < -0.4 is 15.8 Å². The van der Waals surface area contributed by atoms with Gasteiger partial charge in [0, 0.05) is 19.0 Å². The highest BCUT2D eigenvalue weighted by Crippen LogP contribution is 2.21. The minimum atomic E-state index is -0.520. The Morgan fingerprint density at radius 1 is 1.50 bits per heavy atom. The van der Waals surface area contributed by atoms with Gasteiger partial charge < -0.3 is 15.8 Å². The third-order valence-electron chi connectivity index (χ3n) is 1.96. The van der Waals surface area contributed by atoms with Crippen LogP contribution in [0.3, 0.4) is 0 Å². The number of amides is 1. The number of hydrogen-bond acceptors (Lipinski definition) is 3. The molecule has 0 atom stereocenters. The molecule has 0 aliphatic rings. The van der Waals surface area contributed by atoms with Crippen LogP contribution in [-0.2, 0) is 4.79 Å². The average Bonchev–Trinajstić information content (AvgIpc) is 2.21. The van der Waals surface area contributed by atoms with E-state index in [9.17, 15) is 9.18 Å². The van der Waals surface area contributed by atoms with E-state index in [1.165, 1.54) is 12.1 Å². The summed E-state index contributed by atoms with van der Waals surface area (Å²) < 4.78 is 18.9. The maximum atomic E-state index is 13.6. The smallest absolute Gasteiger partial charge is 0.225 e. The molecule has 0 aliphatic carbocycles. The molecule has 0 unspecified atom stereocenters. The molecule has 0 aliphatic heterocycles. The predicted octanol–water partition coefficient (Wildman–Crippen LogP) is 2.32. The van der Waals surface area contributed by atoms with Crippen LogP contribution in [0.1, 0.15) is 20.3 Å². The largest absolute Gasteiger partial charge is 0.491 e. The van der Waals surface area contributed by atoms with Gasteiger partial charge in [-0.05, 0) is 26.0 Å². The summed E-state index contributed by atoms with van der Waals surface area (Å²) in [5, 5.41) is 2.44. The van der Waals surface area contributed by atoms with E-state index in [0.717, 1.165) is 0 Å². The molecule has 1 amide bonds. The molecule has 1 aromatic rings. The molecule has 0 spiro atoms. The van der Waals surface area contributed by atoms with Crippen LogP contribution in [-0.4, -0.2) is 18.6 Å². The first-order valence-corrected chi connectivity index (χ1v) is 5.49. The summed E-state index contributed by atoms with van der Waals surface area (Å²) in [4.78, 5) is 11.2. The van der Waals surface area contributed by atoms with Gasteiger partial charge in [0.1, 0.15) is 11.6 Å². The van der Waals surface area contributed by atoms with Crippen LogP contribution in [0.2, 0.25) is 0 Å². The molecule has 3 N–H and O–H groups in total. The minimum Gasteiger partial charge on any atom is -0.491 e. The average molecular weight is 277 g/mol. The number of benzene rings is 1. The predicted molar refractivity (Wildman–Crippen MR) is 71.7 cm³/mol. The molecule has 1 rings (SSSR count). The van der Waals surface area contributed by atoms with Crippen molar-refractivity contribution in [2.45, 2.75) is 26.4 Å². The number of nitrogens with two attached hydrogens (primary N) is 1. The summed E-state index contributed by atoms with van der Waals surface area (Å²) in [5.74, 6) is -0.383. The van der Waals surface area contributed by atoms with E-state index in [1.54, 1.807) is 6.07 Å². The van der Waals surface area contributed by atoms with E-state index in [2.05, 4.69) is 5.32 Å². The van der Waals surface area contributed by atoms with E-state index >= 15 is 0 Å². The lowest BCUT2D eigenvalue weighted by atomic mass is 10.2. The minimum absolute atomic E-state index is 0. The molecule has 0 bridgehead atoms. The number of carbonyl (C=O) groups is 1. The first-order chi connectivity index (χ1) is 8.02. The summed E-state index contributed by atoms with van der Waals surface area (Å²) >= 11 is 0. The second-order valence-corrected chi connectivity index (χ2v) is 3.90. The van der Waals surface area contributed by atoms with Gasteiger partial charge in [0.25, 0.3) is 0 Å². The van der Waals surface area contributed by atoms with Gasteiger partial charge in [0.2, 0.25) is 5.91 Å². The third-order valence-corrected chi connectivity index (χ3v) is 1.96. The molecule has 0 saturated heterocycles. The van der Waals surface area contributed by atoms with Crippen LogP contribution in [0, 0.1) is 5.82 Å². The quantitative estimate of drug-likeness (QED) is 0.867. The molecule has 0 fully saturated rings. The number of ether oxygens (including phenoxy) is 1. The van der Waals surface area contributed by atoms with Crippen molar-refractivity contribution in [1.82, 2.24) is 0 Å². The summed E-state index contributed by atoms with van der Waals surface area (Å²) in [7, 11) is 0. The Balaban J connectivity index is 0.00000289. The molecule has 6 heteroatoms. The lowest BCUT2D eigenvalue weighted by Crippen LogP contribution is -2.17. The maximum Gasteiger partial charge on any atom is 0.225 e. The van der Waals surface area contributed by atoms with Gasteiger partial charge >= 0.3 is 0 Å². The fourth-order valence-electron chi connectivity index (χ4n) is 1.29. The molecule has 102 valence electrons. The van der Waals surface area contributed by atoms with Gasteiger partial charge in [0.05, 0.1) is 11.8 Å². The fourth-order valence-corrected chi connectivity index (χ4v) is 1.29. The topological polar surface area (TPSA) is 64.3 Å². The highest BCUT2D eigenvalue weighted by Gasteiger charge is 2.08. The molecule has 0 heterocycles. The van der Waals surface area contributed by atoms with Gasteiger partial charge in [-0.3, -0.25) is 4.79 Å². The van der Waals surface area contributed by atoms with Crippen LogP contribution in [0.5, 0.6) is 5.75 Å². The Labute approximate surface area is 112 Å². The maximum absolute atomic E-state index is 13.6. The van der Waals surface area contributed by atoms with Crippen LogP contribution in [0.15, 0.2) is 18.2 Å². The van der Waals surface area contributed by atoms with Gasteiger partial charge in [0.15, 0.2) is 0 Å². The van der Waals surface area contributed by atoms with Crippen LogP contribution in [0.25, 0.3) is 0 Å². The summed E-state index contributed by atoms with van der Waals surface area (Å²) in [5.41, 5.74) is 5.36. The van der Waals surface area contributed by atoms with Gasteiger partial charge in [-0.1, -0.05) is 0 Å². The van der Waals surface area contributed by atoms with E-state index < -0.39 is 5.82 Å². The lowest BCUT2D eigenvalue weighted by molar-refractivity contribution is -0.116. The van der Waals surface area contributed by atoms with Crippen molar-refractivity contribution >= 4 is 24.0 Å². The molecule has 0 aromatic heterocycles. The van der Waals surface area contributed by atoms with E-state index in [4.69, 9.17) is 10.5 Å². The molecule has 1 aromatic carbocycles. The Bertz CT molecular complexity index is 400. The van der Waals surface area contributed by atoms with Crippen LogP contribution >= 0.6 is 12.4 Å². The zero-order chi connectivity index (χ0) is 12.8. The van der Waals surface area contributed by atoms with E-state index in [-0.39, 0.29) is 43.1 Å². The van der Waals surface area contributed by atoms with Crippen LogP contribution in [0.4, 0.5) is 10.1 Å². The Kier molecular flexibility index (Phi) is 7.31. The van der Waals surface area contributed by atoms with Crippen molar-refractivity contribution in [2.24, 2.45) is 5.73 Å². The summed E-state index contributed by atoms with van der Waals surface area (Å²) in [6.45, 7) is 3.95. The van der Waals surface area contributed by atoms with Gasteiger partial charge in [-0.2, -0.15) is 0 Å². The molecule has 18 heavy (non-hydrogen) atoms. The SMILES string of the molecule is CC(C)Oc1ccc(NC(=O)CCN)c(F)c1.Cl. The van der Waals surface area contributed by atoms with Gasteiger partial charge in [-0.15, -0.1) is 12.4 Å². The number of rotatable bonds is 5. The Hall–Kier alpha value is -1.33. The second kappa shape index (κ2) is 7.89. The number of nitrogens with one attached hydrogen (secondary N) is 1. The number of carbonyl (C=O) groups excluding carboxylic acids is 1. The first-order valence-electron chi connectivity index (χ1n) is 5.49. The second-order valence-electron chi connectivity index (χ2n) is 3.90. The van der Waals surface area contributed by atoms with Crippen molar-refractivity contribution in [1.29, 1.82) is 0 Å². The Morgan fingerprint density at radius 3 is 2.67 bits per heavy atom.